The molecule has 0 atom stereocenters. The van der Waals surface area contributed by atoms with Crippen molar-refractivity contribution in [2.75, 3.05) is 5.75 Å². The molecule has 3 rings (SSSR count). The van der Waals surface area contributed by atoms with E-state index in [4.69, 9.17) is 23.2 Å². The molecule has 3 aromatic rings. The van der Waals surface area contributed by atoms with Gasteiger partial charge in [0.1, 0.15) is 0 Å². The monoisotopic (exact) mass is 421 g/mol. The van der Waals surface area contributed by atoms with E-state index in [1.807, 2.05) is 35.7 Å². The number of amides is 1. The van der Waals surface area contributed by atoms with Gasteiger partial charge < -0.3 is 0 Å². The molecule has 2 aromatic carbocycles. The van der Waals surface area contributed by atoms with Gasteiger partial charge in [-0.05, 0) is 12.1 Å². The lowest BCUT2D eigenvalue weighted by Gasteiger charge is -2.00. The van der Waals surface area contributed by atoms with Crippen LogP contribution in [0.3, 0.4) is 0 Å². The van der Waals surface area contributed by atoms with E-state index in [9.17, 15) is 4.79 Å². The maximum atomic E-state index is 11.9. The first-order valence-electron chi connectivity index (χ1n) is 7.52. The average molecular weight is 422 g/mol. The van der Waals surface area contributed by atoms with Crippen molar-refractivity contribution in [3.63, 3.8) is 0 Å². The summed E-state index contributed by atoms with van der Waals surface area (Å²) in [5.74, 6) is 0.0146. The molecule has 0 radical (unpaired) electrons. The third-order valence-electron chi connectivity index (χ3n) is 3.23. The highest BCUT2D eigenvalue weighted by Gasteiger charge is 2.07. The van der Waals surface area contributed by atoms with E-state index < -0.39 is 0 Å². The number of thiazole rings is 1. The van der Waals surface area contributed by atoms with Crippen molar-refractivity contribution in [2.24, 2.45) is 5.10 Å². The number of carbonyl (C=O) groups excluding carboxylic acids is 1. The molecule has 132 valence electrons. The highest BCUT2D eigenvalue weighted by atomic mass is 35.5. The van der Waals surface area contributed by atoms with Crippen molar-refractivity contribution in [3.8, 4) is 11.3 Å². The molecule has 0 bridgehead atoms. The Morgan fingerprint density at radius 1 is 1.23 bits per heavy atom. The lowest BCUT2D eigenvalue weighted by atomic mass is 10.2. The number of aromatic nitrogens is 1. The molecule has 0 unspecified atom stereocenters. The van der Waals surface area contributed by atoms with Gasteiger partial charge in [0, 0.05) is 21.5 Å². The Morgan fingerprint density at radius 3 is 2.81 bits per heavy atom. The van der Waals surface area contributed by atoms with Crippen LogP contribution in [0.4, 0.5) is 0 Å². The van der Waals surface area contributed by atoms with Gasteiger partial charge >= 0.3 is 0 Å². The molecule has 0 aliphatic heterocycles. The molecule has 0 fully saturated rings. The van der Waals surface area contributed by atoms with Gasteiger partial charge in [0.05, 0.1) is 22.7 Å². The molecule has 1 aromatic heterocycles. The molecule has 0 saturated carbocycles. The summed E-state index contributed by atoms with van der Waals surface area (Å²) < 4.78 is 0.837. The van der Waals surface area contributed by atoms with Crippen LogP contribution in [-0.2, 0) is 4.79 Å². The second-order valence-corrected chi connectivity index (χ2v) is 8.04. The molecule has 1 N–H and O–H groups in total. The van der Waals surface area contributed by atoms with Crippen LogP contribution >= 0.6 is 46.3 Å². The van der Waals surface area contributed by atoms with Crippen LogP contribution < -0.4 is 5.43 Å². The number of rotatable bonds is 6. The third-order valence-corrected chi connectivity index (χ3v) is 5.82. The molecule has 0 saturated heterocycles. The van der Waals surface area contributed by atoms with E-state index in [1.165, 1.54) is 29.3 Å². The lowest BCUT2D eigenvalue weighted by Crippen LogP contribution is -2.19. The SMILES string of the molecule is O=C(CSc1nc(-c2ccccc2)cs1)N/N=C/c1ccc(Cl)cc1Cl. The van der Waals surface area contributed by atoms with E-state index >= 15 is 0 Å². The first-order valence-corrected chi connectivity index (χ1v) is 10.1. The normalized spacial score (nSPS) is 11.0. The minimum Gasteiger partial charge on any atom is -0.272 e. The third kappa shape index (κ3) is 5.32. The number of hydrogen-bond donors (Lipinski definition) is 1. The number of thioether (sulfide) groups is 1. The Labute approximate surface area is 169 Å². The second-order valence-electron chi connectivity index (χ2n) is 5.11. The molecule has 0 spiro atoms. The van der Waals surface area contributed by atoms with Gasteiger partial charge in [-0.2, -0.15) is 5.10 Å². The van der Waals surface area contributed by atoms with E-state index in [2.05, 4.69) is 15.5 Å². The van der Waals surface area contributed by atoms with Gasteiger partial charge in [-0.15, -0.1) is 11.3 Å². The molecule has 8 heteroatoms. The summed E-state index contributed by atoms with van der Waals surface area (Å²) in [5.41, 5.74) is 5.12. The van der Waals surface area contributed by atoms with E-state index in [-0.39, 0.29) is 11.7 Å². The number of halogens is 2. The van der Waals surface area contributed by atoms with Crippen LogP contribution in [0.15, 0.2) is 63.4 Å². The quantitative estimate of drug-likeness (QED) is 0.331. The zero-order valence-corrected chi connectivity index (χ0v) is 16.5. The maximum absolute atomic E-state index is 11.9. The molecule has 4 nitrogen and oxygen atoms in total. The molecule has 0 aliphatic rings. The Kier molecular flexibility index (Phi) is 6.68. The highest BCUT2D eigenvalue weighted by molar-refractivity contribution is 8.01. The second kappa shape index (κ2) is 9.19. The summed E-state index contributed by atoms with van der Waals surface area (Å²) in [4.78, 5) is 16.4. The minimum atomic E-state index is -0.215. The Balaban J connectivity index is 1.50. The zero-order chi connectivity index (χ0) is 18.4. The molecule has 1 heterocycles. The summed E-state index contributed by atoms with van der Waals surface area (Å²) in [5, 5.41) is 6.92. The Hall–Kier alpha value is -1.86. The molecular formula is C18H13Cl2N3OS2. The standard InChI is InChI=1S/C18H13Cl2N3OS2/c19-14-7-6-13(15(20)8-14)9-21-23-17(24)11-26-18-22-16(10-25-18)12-4-2-1-3-5-12/h1-10H,11H2,(H,23,24)/b21-9+. The molecule has 26 heavy (non-hydrogen) atoms. The fraction of sp³-hybridized carbons (Fsp3) is 0.0556. The average Bonchev–Trinajstić information content (AvgIpc) is 3.12. The smallest absolute Gasteiger partial charge is 0.250 e. The van der Waals surface area contributed by atoms with Crippen molar-refractivity contribution in [1.82, 2.24) is 10.4 Å². The number of carbonyl (C=O) groups is 1. The van der Waals surface area contributed by atoms with E-state index in [0.29, 0.717) is 15.6 Å². The predicted molar refractivity (Wildman–Crippen MR) is 110 cm³/mol. The number of nitrogens with zero attached hydrogens (tertiary/aromatic N) is 2. The molecular weight excluding hydrogens is 409 g/mol. The predicted octanol–water partition coefficient (Wildman–Crippen LogP) is 5.36. The number of hydrazone groups is 1. The zero-order valence-electron chi connectivity index (χ0n) is 13.4. The van der Waals surface area contributed by atoms with Crippen molar-refractivity contribution >= 4 is 58.4 Å². The van der Waals surface area contributed by atoms with Crippen LogP contribution in [-0.4, -0.2) is 22.9 Å². The highest BCUT2D eigenvalue weighted by Crippen LogP contribution is 2.28. The summed E-state index contributed by atoms with van der Waals surface area (Å²) in [6.45, 7) is 0. The molecule has 1 amide bonds. The van der Waals surface area contributed by atoms with Crippen LogP contribution in [0.2, 0.25) is 10.0 Å². The maximum Gasteiger partial charge on any atom is 0.250 e. The lowest BCUT2D eigenvalue weighted by molar-refractivity contribution is -0.118. The fourth-order valence-corrected chi connectivity index (χ4v) is 4.09. The number of nitrogens with one attached hydrogen (secondary N) is 1. The van der Waals surface area contributed by atoms with Crippen molar-refractivity contribution in [3.05, 3.63) is 69.5 Å². The van der Waals surface area contributed by atoms with Gasteiger partial charge in [0.15, 0.2) is 4.34 Å². The van der Waals surface area contributed by atoms with E-state index in [1.54, 1.807) is 18.2 Å². The van der Waals surface area contributed by atoms with Gasteiger partial charge in [-0.1, -0.05) is 71.4 Å². The van der Waals surface area contributed by atoms with Crippen LogP contribution in [0.1, 0.15) is 5.56 Å². The molecule has 0 aliphatic carbocycles. The summed E-state index contributed by atoms with van der Waals surface area (Å²) in [6, 6.07) is 15.0. The van der Waals surface area contributed by atoms with Gasteiger partial charge in [-0.3, -0.25) is 4.79 Å². The van der Waals surface area contributed by atoms with Gasteiger partial charge in [-0.25, -0.2) is 10.4 Å². The fourth-order valence-electron chi connectivity index (χ4n) is 2.00. The van der Waals surface area contributed by atoms with Crippen LogP contribution in [0, 0.1) is 0 Å². The first-order chi connectivity index (χ1) is 12.6. The minimum absolute atomic E-state index is 0.215. The van der Waals surface area contributed by atoms with Crippen LogP contribution in [0.5, 0.6) is 0 Å². The van der Waals surface area contributed by atoms with Crippen LogP contribution in [0.25, 0.3) is 11.3 Å². The van der Waals surface area contributed by atoms with Gasteiger partial charge in [0.25, 0.3) is 5.91 Å². The van der Waals surface area contributed by atoms with Crippen molar-refractivity contribution < 1.29 is 4.79 Å². The van der Waals surface area contributed by atoms with Crippen molar-refractivity contribution in [2.45, 2.75) is 4.34 Å². The van der Waals surface area contributed by atoms with Crippen molar-refractivity contribution in [1.29, 1.82) is 0 Å². The summed E-state index contributed by atoms with van der Waals surface area (Å²) in [6.07, 6.45) is 1.48. The Bertz CT molecular complexity index is 929. The summed E-state index contributed by atoms with van der Waals surface area (Å²) >= 11 is 14.8. The van der Waals surface area contributed by atoms with Gasteiger partial charge in [0.2, 0.25) is 0 Å². The topological polar surface area (TPSA) is 54.4 Å². The largest absolute Gasteiger partial charge is 0.272 e. The van der Waals surface area contributed by atoms with E-state index in [0.717, 1.165) is 15.6 Å². The summed E-state index contributed by atoms with van der Waals surface area (Å²) in [7, 11) is 0. The number of benzene rings is 2. The first kappa shape index (κ1) is 18.9. The Morgan fingerprint density at radius 2 is 2.04 bits per heavy atom. The number of hydrogen-bond acceptors (Lipinski definition) is 5.